The lowest BCUT2D eigenvalue weighted by Crippen LogP contribution is -2.17. The van der Waals surface area contributed by atoms with Gasteiger partial charge in [-0.05, 0) is 37.3 Å². The number of ether oxygens (including phenoxy) is 2. The molecule has 0 saturated carbocycles. The zero-order chi connectivity index (χ0) is 18.6. The van der Waals surface area contributed by atoms with Crippen LogP contribution in [0, 0.1) is 6.92 Å². The van der Waals surface area contributed by atoms with Gasteiger partial charge in [-0.2, -0.15) is 0 Å². The van der Waals surface area contributed by atoms with E-state index in [2.05, 4.69) is 20.6 Å². The molecule has 4 rings (SSSR count). The monoisotopic (exact) mass is 362 g/mol. The highest BCUT2D eigenvalue weighted by Crippen LogP contribution is 2.32. The predicted molar refractivity (Wildman–Crippen MR) is 102 cm³/mol. The second-order valence-corrected chi connectivity index (χ2v) is 6.07. The third-order valence-corrected chi connectivity index (χ3v) is 4.00. The Bertz CT molecular complexity index is 973. The number of aromatic nitrogens is 2. The molecular formula is C20H18N4O3. The average Bonchev–Trinajstić information content (AvgIpc) is 2.70. The SMILES string of the molecule is Cc1ccc(Nc2nccc(C(=O)Nc3ccc4c(c3)OCCO4)n2)cc1. The van der Waals surface area contributed by atoms with Gasteiger partial charge >= 0.3 is 0 Å². The maximum atomic E-state index is 12.5. The van der Waals surface area contributed by atoms with Crippen LogP contribution in [-0.2, 0) is 0 Å². The molecule has 7 nitrogen and oxygen atoms in total. The summed E-state index contributed by atoms with van der Waals surface area (Å²) in [7, 11) is 0. The molecule has 0 aliphatic carbocycles. The summed E-state index contributed by atoms with van der Waals surface area (Å²) in [6.45, 7) is 3.03. The van der Waals surface area contributed by atoms with Crippen molar-refractivity contribution in [2.75, 3.05) is 23.8 Å². The van der Waals surface area contributed by atoms with Crippen LogP contribution in [0.3, 0.4) is 0 Å². The summed E-state index contributed by atoms with van der Waals surface area (Å²) < 4.78 is 11.0. The van der Waals surface area contributed by atoms with Gasteiger partial charge in [0.15, 0.2) is 11.5 Å². The highest BCUT2D eigenvalue weighted by atomic mass is 16.6. The van der Waals surface area contributed by atoms with Gasteiger partial charge in [-0.1, -0.05) is 17.7 Å². The molecule has 0 radical (unpaired) electrons. The van der Waals surface area contributed by atoms with E-state index in [1.165, 1.54) is 0 Å². The number of hydrogen-bond acceptors (Lipinski definition) is 6. The van der Waals surface area contributed by atoms with E-state index in [0.717, 1.165) is 11.3 Å². The van der Waals surface area contributed by atoms with Crippen molar-refractivity contribution in [1.82, 2.24) is 9.97 Å². The van der Waals surface area contributed by atoms with Crippen LogP contribution < -0.4 is 20.1 Å². The van der Waals surface area contributed by atoms with Gasteiger partial charge in [0, 0.05) is 23.6 Å². The van der Waals surface area contributed by atoms with E-state index >= 15 is 0 Å². The third kappa shape index (κ3) is 3.98. The van der Waals surface area contributed by atoms with E-state index in [1.54, 1.807) is 30.5 Å². The fourth-order valence-electron chi connectivity index (χ4n) is 2.63. The van der Waals surface area contributed by atoms with E-state index in [-0.39, 0.29) is 11.6 Å². The summed E-state index contributed by atoms with van der Waals surface area (Å²) >= 11 is 0. The standard InChI is InChI=1S/C20H18N4O3/c1-13-2-4-14(5-3-13)23-20-21-9-8-16(24-20)19(25)22-15-6-7-17-18(12-15)27-11-10-26-17/h2-9,12H,10-11H2,1H3,(H,22,25)(H,21,23,24). The molecule has 3 aromatic rings. The molecule has 0 spiro atoms. The predicted octanol–water partition coefficient (Wildman–Crippen LogP) is 3.55. The van der Waals surface area contributed by atoms with Gasteiger partial charge in [0.2, 0.25) is 5.95 Å². The van der Waals surface area contributed by atoms with Gasteiger partial charge in [-0.15, -0.1) is 0 Å². The molecule has 0 unspecified atom stereocenters. The van der Waals surface area contributed by atoms with Crippen LogP contribution in [-0.4, -0.2) is 29.1 Å². The summed E-state index contributed by atoms with van der Waals surface area (Å²) in [6, 6.07) is 14.7. The number of aryl methyl sites for hydroxylation is 1. The van der Waals surface area contributed by atoms with Gasteiger partial charge in [0.05, 0.1) is 0 Å². The zero-order valence-corrected chi connectivity index (χ0v) is 14.7. The maximum absolute atomic E-state index is 12.5. The number of amides is 1. The maximum Gasteiger partial charge on any atom is 0.274 e. The number of benzene rings is 2. The van der Waals surface area contributed by atoms with Gasteiger partial charge in [-0.25, -0.2) is 9.97 Å². The molecule has 27 heavy (non-hydrogen) atoms. The van der Waals surface area contributed by atoms with E-state index in [1.807, 2.05) is 31.2 Å². The van der Waals surface area contributed by atoms with Gasteiger partial charge in [0.1, 0.15) is 18.9 Å². The number of hydrogen-bond donors (Lipinski definition) is 2. The smallest absolute Gasteiger partial charge is 0.274 e. The topological polar surface area (TPSA) is 85.4 Å². The first-order chi connectivity index (χ1) is 13.2. The van der Waals surface area contributed by atoms with Crippen molar-refractivity contribution in [2.45, 2.75) is 6.92 Å². The molecular weight excluding hydrogens is 344 g/mol. The van der Waals surface area contributed by atoms with Crippen LogP contribution in [0.2, 0.25) is 0 Å². The summed E-state index contributed by atoms with van der Waals surface area (Å²) in [5, 5.41) is 5.91. The summed E-state index contributed by atoms with van der Waals surface area (Å²) in [5.74, 6) is 1.31. The lowest BCUT2D eigenvalue weighted by Gasteiger charge is -2.19. The first-order valence-electron chi connectivity index (χ1n) is 8.55. The molecule has 7 heteroatoms. The Morgan fingerprint density at radius 1 is 0.963 bits per heavy atom. The second-order valence-electron chi connectivity index (χ2n) is 6.07. The van der Waals surface area contributed by atoms with Gasteiger partial charge in [0.25, 0.3) is 5.91 Å². The van der Waals surface area contributed by atoms with Crippen LogP contribution in [0.1, 0.15) is 16.1 Å². The summed E-state index contributed by atoms with van der Waals surface area (Å²) in [5.41, 5.74) is 2.88. The van der Waals surface area contributed by atoms with Crippen LogP contribution in [0.25, 0.3) is 0 Å². The largest absolute Gasteiger partial charge is 0.486 e. The summed E-state index contributed by atoms with van der Waals surface area (Å²) in [4.78, 5) is 21.0. The zero-order valence-electron chi connectivity index (χ0n) is 14.7. The van der Waals surface area contributed by atoms with E-state index in [9.17, 15) is 4.79 Å². The molecule has 0 atom stereocenters. The molecule has 2 heterocycles. The van der Waals surface area contributed by atoms with Crippen molar-refractivity contribution < 1.29 is 14.3 Å². The fourth-order valence-corrected chi connectivity index (χ4v) is 2.63. The number of anilines is 3. The minimum atomic E-state index is -0.332. The van der Waals surface area contributed by atoms with Crippen LogP contribution in [0.5, 0.6) is 11.5 Å². The molecule has 1 aliphatic heterocycles. The van der Waals surface area contributed by atoms with Crippen LogP contribution in [0.4, 0.5) is 17.3 Å². The normalized spacial score (nSPS) is 12.3. The molecule has 2 aromatic carbocycles. The second kappa shape index (κ2) is 7.33. The Kier molecular flexibility index (Phi) is 4.57. The molecule has 1 aromatic heterocycles. The first kappa shape index (κ1) is 16.8. The van der Waals surface area contributed by atoms with Crippen molar-refractivity contribution >= 4 is 23.2 Å². The Morgan fingerprint density at radius 3 is 2.52 bits per heavy atom. The minimum absolute atomic E-state index is 0.259. The van der Waals surface area contributed by atoms with Crippen molar-refractivity contribution in [2.24, 2.45) is 0 Å². The third-order valence-electron chi connectivity index (χ3n) is 4.00. The van der Waals surface area contributed by atoms with E-state index in [4.69, 9.17) is 9.47 Å². The van der Waals surface area contributed by atoms with Crippen molar-refractivity contribution in [3.05, 3.63) is 66.0 Å². The highest BCUT2D eigenvalue weighted by molar-refractivity contribution is 6.03. The number of carbonyl (C=O) groups is 1. The Morgan fingerprint density at radius 2 is 1.70 bits per heavy atom. The number of rotatable bonds is 4. The Labute approximate surface area is 156 Å². The molecule has 2 N–H and O–H groups in total. The van der Waals surface area contributed by atoms with E-state index in [0.29, 0.717) is 36.3 Å². The molecule has 1 aliphatic rings. The highest BCUT2D eigenvalue weighted by Gasteiger charge is 2.14. The number of carbonyl (C=O) groups excluding carboxylic acids is 1. The summed E-state index contributed by atoms with van der Waals surface area (Å²) in [6.07, 6.45) is 1.54. The van der Waals surface area contributed by atoms with Crippen molar-refractivity contribution in [3.8, 4) is 11.5 Å². The lowest BCUT2D eigenvalue weighted by molar-refractivity contribution is 0.102. The van der Waals surface area contributed by atoms with E-state index < -0.39 is 0 Å². The molecule has 0 fully saturated rings. The molecule has 0 saturated heterocycles. The molecule has 0 bridgehead atoms. The Hall–Kier alpha value is -3.61. The quantitative estimate of drug-likeness (QED) is 0.738. The van der Waals surface area contributed by atoms with Crippen LogP contribution in [0.15, 0.2) is 54.7 Å². The number of fused-ring (bicyclic) bond motifs is 1. The lowest BCUT2D eigenvalue weighted by atomic mass is 10.2. The molecule has 1 amide bonds. The van der Waals surface area contributed by atoms with Gasteiger partial charge < -0.3 is 20.1 Å². The first-order valence-corrected chi connectivity index (χ1v) is 8.55. The fraction of sp³-hybridized carbons (Fsp3) is 0.150. The minimum Gasteiger partial charge on any atom is -0.486 e. The van der Waals surface area contributed by atoms with Crippen molar-refractivity contribution in [3.63, 3.8) is 0 Å². The Balaban J connectivity index is 1.48. The number of nitrogens with zero attached hydrogens (tertiary/aromatic N) is 2. The average molecular weight is 362 g/mol. The molecule has 136 valence electrons. The number of nitrogens with one attached hydrogen (secondary N) is 2. The van der Waals surface area contributed by atoms with Crippen molar-refractivity contribution in [1.29, 1.82) is 0 Å². The van der Waals surface area contributed by atoms with Crippen LogP contribution >= 0.6 is 0 Å². The van der Waals surface area contributed by atoms with Gasteiger partial charge in [-0.3, -0.25) is 4.79 Å².